The standard InChI is InChI=1S/C6H10N4O2/c7-5-3-4(9-10-5)6(12)8-1-2-11/h3,11H,1-2H2,(H,8,12)(H3,7,9,10). The Morgan fingerprint density at radius 3 is 3.08 bits per heavy atom. The van der Waals surface area contributed by atoms with Crippen LogP contribution in [0.1, 0.15) is 10.5 Å². The van der Waals surface area contributed by atoms with Gasteiger partial charge in [0.25, 0.3) is 5.91 Å². The first-order valence-electron chi connectivity index (χ1n) is 3.44. The van der Waals surface area contributed by atoms with Crippen molar-refractivity contribution in [2.24, 2.45) is 0 Å². The third-order valence-corrected chi connectivity index (χ3v) is 1.24. The SMILES string of the molecule is Nc1cc(C(=O)NCCO)[nH]n1. The van der Waals surface area contributed by atoms with Gasteiger partial charge in [0.2, 0.25) is 0 Å². The Kier molecular flexibility index (Phi) is 2.65. The Balaban J connectivity index is 2.53. The number of hydrogen-bond donors (Lipinski definition) is 4. The highest BCUT2D eigenvalue weighted by Gasteiger charge is 2.06. The van der Waals surface area contributed by atoms with Crippen LogP contribution in [0.5, 0.6) is 0 Å². The average molecular weight is 170 g/mol. The molecule has 0 aliphatic heterocycles. The van der Waals surface area contributed by atoms with E-state index in [1.165, 1.54) is 6.07 Å². The molecule has 1 heterocycles. The third-order valence-electron chi connectivity index (χ3n) is 1.24. The van der Waals surface area contributed by atoms with Crippen molar-refractivity contribution in [3.8, 4) is 0 Å². The molecule has 1 aromatic rings. The summed E-state index contributed by atoms with van der Waals surface area (Å²) in [5.41, 5.74) is 5.57. The zero-order chi connectivity index (χ0) is 8.97. The first kappa shape index (κ1) is 8.54. The number of nitrogens with two attached hydrogens (primary N) is 1. The number of H-pyrrole nitrogens is 1. The van der Waals surface area contributed by atoms with E-state index in [2.05, 4.69) is 15.5 Å². The highest BCUT2D eigenvalue weighted by Crippen LogP contribution is 1.98. The number of nitrogens with zero attached hydrogens (tertiary/aromatic N) is 1. The molecule has 5 N–H and O–H groups in total. The fourth-order valence-electron chi connectivity index (χ4n) is 0.718. The molecule has 0 unspecified atom stereocenters. The molecule has 0 aliphatic rings. The van der Waals surface area contributed by atoms with Crippen molar-refractivity contribution in [2.75, 3.05) is 18.9 Å². The molecule has 0 spiro atoms. The van der Waals surface area contributed by atoms with Gasteiger partial charge in [-0.1, -0.05) is 0 Å². The minimum atomic E-state index is -0.326. The van der Waals surface area contributed by atoms with E-state index in [0.29, 0.717) is 5.69 Å². The van der Waals surface area contributed by atoms with E-state index >= 15 is 0 Å². The molecule has 66 valence electrons. The summed E-state index contributed by atoms with van der Waals surface area (Å²) in [4.78, 5) is 11.1. The number of carbonyl (C=O) groups excluding carboxylic acids is 1. The summed E-state index contributed by atoms with van der Waals surface area (Å²) in [6, 6.07) is 1.42. The van der Waals surface area contributed by atoms with Crippen molar-refractivity contribution >= 4 is 11.7 Å². The van der Waals surface area contributed by atoms with Gasteiger partial charge >= 0.3 is 0 Å². The zero-order valence-corrected chi connectivity index (χ0v) is 6.37. The molecule has 0 aromatic carbocycles. The molecule has 1 amide bonds. The normalized spacial score (nSPS) is 9.75. The zero-order valence-electron chi connectivity index (χ0n) is 6.37. The minimum Gasteiger partial charge on any atom is -0.395 e. The minimum absolute atomic E-state index is 0.0879. The van der Waals surface area contributed by atoms with E-state index in [1.54, 1.807) is 0 Å². The van der Waals surface area contributed by atoms with E-state index in [0.717, 1.165) is 0 Å². The fraction of sp³-hybridized carbons (Fsp3) is 0.333. The lowest BCUT2D eigenvalue weighted by atomic mass is 10.4. The maximum atomic E-state index is 11.1. The van der Waals surface area contributed by atoms with Gasteiger partial charge in [-0.2, -0.15) is 5.10 Å². The third kappa shape index (κ3) is 1.96. The second-order valence-electron chi connectivity index (χ2n) is 2.19. The Labute approximate surface area is 68.8 Å². The second-order valence-corrected chi connectivity index (χ2v) is 2.19. The number of rotatable bonds is 3. The number of anilines is 1. The van der Waals surface area contributed by atoms with Gasteiger partial charge in [0, 0.05) is 12.6 Å². The van der Waals surface area contributed by atoms with Crippen molar-refractivity contribution < 1.29 is 9.90 Å². The largest absolute Gasteiger partial charge is 0.395 e. The van der Waals surface area contributed by atoms with Crippen LogP contribution in [0, 0.1) is 0 Å². The maximum absolute atomic E-state index is 11.1. The van der Waals surface area contributed by atoms with Gasteiger partial charge < -0.3 is 16.2 Å². The smallest absolute Gasteiger partial charge is 0.269 e. The van der Waals surface area contributed by atoms with E-state index in [-0.39, 0.29) is 24.9 Å². The van der Waals surface area contributed by atoms with Crippen molar-refractivity contribution in [1.82, 2.24) is 15.5 Å². The summed E-state index contributed by atoms with van der Waals surface area (Å²) in [7, 11) is 0. The molecule has 1 rings (SSSR count). The van der Waals surface area contributed by atoms with Crippen LogP contribution in [-0.2, 0) is 0 Å². The molecule has 0 fully saturated rings. The van der Waals surface area contributed by atoms with Gasteiger partial charge in [-0.15, -0.1) is 0 Å². The summed E-state index contributed by atoms with van der Waals surface area (Å²) in [5.74, 6) is -0.0580. The first-order chi connectivity index (χ1) is 5.74. The van der Waals surface area contributed by atoms with Crippen molar-refractivity contribution in [3.05, 3.63) is 11.8 Å². The summed E-state index contributed by atoms with van der Waals surface area (Å²) in [5, 5.41) is 16.9. The average Bonchev–Trinajstić information content (AvgIpc) is 2.47. The Hall–Kier alpha value is -1.56. The summed E-state index contributed by atoms with van der Waals surface area (Å²) in [6.45, 7) is 0.132. The number of nitrogens with one attached hydrogen (secondary N) is 2. The number of nitrogen functional groups attached to an aromatic ring is 1. The monoisotopic (exact) mass is 170 g/mol. The summed E-state index contributed by atoms with van der Waals surface area (Å²) in [6.07, 6.45) is 0. The molecular formula is C6H10N4O2. The lowest BCUT2D eigenvalue weighted by molar-refractivity contribution is 0.0940. The van der Waals surface area contributed by atoms with Crippen LogP contribution in [0.15, 0.2) is 6.07 Å². The molecule has 6 heteroatoms. The van der Waals surface area contributed by atoms with Crippen LogP contribution in [0.3, 0.4) is 0 Å². The second kappa shape index (κ2) is 3.72. The molecule has 0 saturated heterocycles. The van der Waals surface area contributed by atoms with Crippen LogP contribution in [0.25, 0.3) is 0 Å². The number of aromatic amines is 1. The van der Waals surface area contributed by atoms with Crippen LogP contribution >= 0.6 is 0 Å². The van der Waals surface area contributed by atoms with E-state index in [9.17, 15) is 4.79 Å². The Morgan fingerprint density at radius 1 is 1.83 bits per heavy atom. The first-order valence-corrected chi connectivity index (χ1v) is 3.44. The molecule has 12 heavy (non-hydrogen) atoms. The predicted molar refractivity (Wildman–Crippen MR) is 42.4 cm³/mol. The number of aliphatic hydroxyl groups excluding tert-OH is 1. The van der Waals surface area contributed by atoms with Crippen LogP contribution in [-0.4, -0.2) is 34.4 Å². The maximum Gasteiger partial charge on any atom is 0.269 e. The predicted octanol–water partition coefficient (Wildman–Crippen LogP) is -1.29. The topological polar surface area (TPSA) is 104 Å². The van der Waals surface area contributed by atoms with Gasteiger partial charge in [-0.25, -0.2) is 0 Å². The van der Waals surface area contributed by atoms with Crippen LogP contribution in [0.2, 0.25) is 0 Å². The highest BCUT2D eigenvalue weighted by atomic mass is 16.3. The van der Waals surface area contributed by atoms with Gasteiger partial charge in [-0.3, -0.25) is 9.89 Å². The van der Waals surface area contributed by atoms with E-state index in [4.69, 9.17) is 10.8 Å². The lowest BCUT2D eigenvalue weighted by Gasteiger charge is -1.98. The highest BCUT2D eigenvalue weighted by molar-refractivity contribution is 5.92. The van der Waals surface area contributed by atoms with Crippen LogP contribution in [0.4, 0.5) is 5.82 Å². The van der Waals surface area contributed by atoms with Gasteiger partial charge in [0.1, 0.15) is 11.5 Å². The van der Waals surface area contributed by atoms with Crippen molar-refractivity contribution in [1.29, 1.82) is 0 Å². The molecule has 6 nitrogen and oxygen atoms in total. The van der Waals surface area contributed by atoms with Crippen LogP contribution < -0.4 is 11.1 Å². The van der Waals surface area contributed by atoms with Crippen molar-refractivity contribution in [2.45, 2.75) is 0 Å². The van der Waals surface area contributed by atoms with Gasteiger partial charge in [-0.05, 0) is 0 Å². The van der Waals surface area contributed by atoms with Gasteiger partial charge in [0.15, 0.2) is 0 Å². The Bertz CT molecular complexity index is 270. The van der Waals surface area contributed by atoms with Crippen molar-refractivity contribution in [3.63, 3.8) is 0 Å². The van der Waals surface area contributed by atoms with E-state index < -0.39 is 0 Å². The molecule has 0 bridgehead atoms. The molecule has 1 aromatic heterocycles. The molecule has 0 aliphatic carbocycles. The number of carbonyl (C=O) groups is 1. The van der Waals surface area contributed by atoms with E-state index in [1.807, 2.05) is 0 Å². The molecule has 0 atom stereocenters. The van der Waals surface area contributed by atoms with Gasteiger partial charge in [0.05, 0.1) is 6.61 Å². The lowest BCUT2D eigenvalue weighted by Crippen LogP contribution is -2.26. The number of amides is 1. The summed E-state index contributed by atoms with van der Waals surface area (Å²) >= 11 is 0. The number of hydrogen-bond acceptors (Lipinski definition) is 4. The molecule has 0 radical (unpaired) electrons. The number of aromatic nitrogens is 2. The number of aliphatic hydroxyl groups is 1. The molecule has 0 saturated carbocycles. The fourth-order valence-corrected chi connectivity index (χ4v) is 0.718. The molecular weight excluding hydrogens is 160 g/mol. The Morgan fingerprint density at radius 2 is 2.58 bits per heavy atom. The summed E-state index contributed by atoms with van der Waals surface area (Å²) < 4.78 is 0. The quantitative estimate of drug-likeness (QED) is 0.453.